The highest BCUT2D eigenvalue weighted by Gasteiger charge is 2.31. The number of rotatable bonds is 4. The second-order valence-corrected chi connectivity index (χ2v) is 4.61. The fourth-order valence-corrected chi connectivity index (χ4v) is 2.24. The lowest BCUT2D eigenvalue weighted by atomic mass is 10.1. The van der Waals surface area contributed by atoms with Crippen molar-refractivity contribution in [3.05, 3.63) is 24.3 Å². The molecule has 100 valence electrons. The lowest BCUT2D eigenvalue weighted by molar-refractivity contribution is -0.122. The van der Waals surface area contributed by atoms with Crippen LogP contribution in [0.25, 0.3) is 0 Å². The van der Waals surface area contributed by atoms with E-state index in [9.17, 15) is 9.90 Å². The third kappa shape index (κ3) is 3.49. The minimum Gasteiger partial charge on any atom is -0.481 e. The highest BCUT2D eigenvalue weighted by atomic mass is 16.5. The number of amides is 1. The van der Waals surface area contributed by atoms with E-state index in [2.05, 4.69) is 11.2 Å². The Morgan fingerprint density at radius 2 is 2.16 bits per heavy atom. The number of aliphatic hydroxyl groups excluding tert-OH is 1. The number of carbonyl (C=O) groups excluding carboxylic acids is 1. The largest absolute Gasteiger partial charge is 0.481 e. The van der Waals surface area contributed by atoms with Crippen molar-refractivity contribution in [2.75, 3.05) is 11.9 Å². The minimum atomic E-state index is -0.516. The molecule has 4 heteroatoms. The maximum atomic E-state index is 12.0. The average Bonchev–Trinajstić information content (AvgIpc) is 2.84. The zero-order valence-electron chi connectivity index (χ0n) is 10.6. The molecule has 0 radical (unpaired) electrons. The molecule has 2 rings (SSSR count). The lowest BCUT2D eigenvalue weighted by Crippen LogP contribution is -2.28. The Hall–Kier alpha value is -1.99. The highest BCUT2D eigenvalue weighted by Crippen LogP contribution is 2.27. The van der Waals surface area contributed by atoms with Gasteiger partial charge < -0.3 is 15.2 Å². The van der Waals surface area contributed by atoms with Crippen LogP contribution in [0.1, 0.15) is 19.3 Å². The SMILES string of the molecule is C#CCOc1ccc(NC(=O)C2CCCC2O)cc1. The van der Waals surface area contributed by atoms with Crippen molar-refractivity contribution >= 4 is 11.6 Å². The molecule has 0 spiro atoms. The summed E-state index contributed by atoms with van der Waals surface area (Å²) in [5.74, 6) is 2.63. The summed E-state index contributed by atoms with van der Waals surface area (Å²) in [6.45, 7) is 0.222. The Kier molecular flexibility index (Phi) is 4.43. The standard InChI is InChI=1S/C15H17NO3/c1-2-10-19-12-8-6-11(7-9-12)16-15(18)13-4-3-5-14(13)17/h1,6-9,13-14,17H,3-5,10H2,(H,16,18). The molecule has 0 bridgehead atoms. The van der Waals surface area contributed by atoms with Gasteiger partial charge in [-0.1, -0.05) is 5.92 Å². The summed E-state index contributed by atoms with van der Waals surface area (Å²) in [4.78, 5) is 12.0. The fraction of sp³-hybridized carbons (Fsp3) is 0.400. The fourth-order valence-electron chi connectivity index (χ4n) is 2.24. The first-order valence-corrected chi connectivity index (χ1v) is 6.36. The van der Waals surface area contributed by atoms with Gasteiger partial charge in [-0.05, 0) is 43.5 Å². The highest BCUT2D eigenvalue weighted by molar-refractivity contribution is 5.93. The van der Waals surface area contributed by atoms with Crippen LogP contribution in [-0.4, -0.2) is 23.7 Å². The number of nitrogens with one attached hydrogen (secondary N) is 1. The van der Waals surface area contributed by atoms with Crippen LogP contribution in [-0.2, 0) is 4.79 Å². The van der Waals surface area contributed by atoms with Gasteiger partial charge in [-0.3, -0.25) is 4.79 Å². The number of ether oxygens (including phenoxy) is 1. The van der Waals surface area contributed by atoms with Crippen LogP contribution < -0.4 is 10.1 Å². The Labute approximate surface area is 112 Å². The summed E-state index contributed by atoms with van der Waals surface area (Å²) in [5, 5.41) is 12.5. The molecular formula is C15H17NO3. The molecule has 1 aliphatic rings. The average molecular weight is 259 g/mol. The van der Waals surface area contributed by atoms with Crippen molar-refractivity contribution in [2.24, 2.45) is 5.92 Å². The van der Waals surface area contributed by atoms with Gasteiger partial charge >= 0.3 is 0 Å². The monoisotopic (exact) mass is 259 g/mol. The summed E-state index contributed by atoms with van der Waals surface area (Å²) in [6, 6.07) is 7.01. The van der Waals surface area contributed by atoms with Crippen LogP contribution in [0.15, 0.2) is 24.3 Å². The first-order valence-electron chi connectivity index (χ1n) is 6.36. The molecular weight excluding hydrogens is 242 g/mol. The van der Waals surface area contributed by atoms with E-state index in [4.69, 9.17) is 11.2 Å². The van der Waals surface area contributed by atoms with Gasteiger partial charge in [0.1, 0.15) is 12.4 Å². The van der Waals surface area contributed by atoms with Crippen molar-refractivity contribution in [3.63, 3.8) is 0 Å². The van der Waals surface area contributed by atoms with Gasteiger partial charge in [0.15, 0.2) is 0 Å². The van der Waals surface area contributed by atoms with Crippen molar-refractivity contribution in [1.82, 2.24) is 0 Å². The zero-order chi connectivity index (χ0) is 13.7. The smallest absolute Gasteiger partial charge is 0.230 e. The van der Waals surface area contributed by atoms with E-state index in [1.807, 2.05) is 0 Å². The van der Waals surface area contributed by atoms with Gasteiger partial charge in [-0.2, -0.15) is 0 Å². The van der Waals surface area contributed by atoms with Crippen LogP contribution in [0.3, 0.4) is 0 Å². The molecule has 19 heavy (non-hydrogen) atoms. The van der Waals surface area contributed by atoms with Gasteiger partial charge in [0.25, 0.3) is 0 Å². The van der Waals surface area contributed by atoms with Crippen LogP contribution in [0, 0.1) is 18.3 Å². The number of terminal acetylenes is 1. The molecule has 1 aliphatic carbocycles. The number of benzene rings is 1. The third-order valence-corrected chi connectivity index (χ3v) is 3.26. The molecule has 2 atom stereocenters. The maximum absolute atomic E-state index is 12.0. The zero-order valence-corrected chi connectivity index (χ0v) is 10.6. The minimum absolute atomic E-state index is 0.123. The van der Waals surface area contributed by atoms with Crippen LogP contribution in [0.4, 0.5) is 5.69 Å². The van der Waals surface area contributed by atoms with Crippen molar-refractivity contribution in [1.29, 1.82) is 0 Å². The molecule has 1 aromatic carbocycles. The molecule has 4 nitrogen and oxygen atoms in total. The Morgan fingerprint density at radius 1 is 1.42 bits per heavy atom. The molecule has 0 heterocycles. The number of anilines is 1. The van der Waals surface area contributed by atoms with Gasteiger partial charge in [0.05, 0.1) is 12.0 Å². The molecule has 1 saturated carbocycles. The maximum Gasteiger partial charge on any atom is 0.230 e. The van der Waals surface area contributed by atoms with E-state index in [0.717, 1.165) is 12.8 Å². The number of aliphatic hydroxyl groups is 1. The van der Waals surface area contributed by atoms with E-state index in [1.165, 1.54) is 0 Å². The normalized spacial score (nSPS) is 21.7. The number of carbonyl (C=O) groups is 1. The van der Waals surface area contributed by atoms with Crippen molar-refractivity contribution in [2.45, 2.75) is 25.4 Å². The molecule has 2 unspecified atom stereocenters. The Morgan fingerprint density at radius 3 is 2.74 bits per heavy atom. The van der Waals surface area contributed by atoms with Crippen molar-refractivity contribution < 1.29 is 14.6 Å². The summed E-state index contributed by atoms with van der Waals surface area (Å²) in [7, 11) is 0. The first-order chi connectivity index (χ1) is 9.20. The Balaban J connectivity index is 1.92. The van der Waals surface area contributed by atoms with E-state index >= 15 is 0 Å². The van der Waals surface area contributed by atoms with E-state index in [-0.39, 0.29) is 18.4 Å². The Bertz CT molecular complexity index is 475. The lowest BCUT2D eigenvalue weighted by Gasteiger charge is -2.14. The number of hydrogen-bond donors (Lipinski definition) is 2. The second-order valence-electron chi connectivity index (χ2n) is 4.61. The summed E-state index contributed by atoms with van der Waals surface area (Å²) in [6.07, 6.45) is 6.94. The van der Waals surface area contributed by atoms with Crippen molar-refractivity contribution in [3.8, 4) is 18.1 Å². The van der Waals surface area contributed by atoms with Gasteiger partial charge in [-0.25, -0.2) is 0 Å². The molecule has 2 N–H and O–H groups in total. The van der Waals surface area contributed by atoms with Crippen LogP contribution in [0.2, 0.25) is 0 Å². The van der Waals surface area contributed by atoms with Gasteiger partial charge in [0.2, 0.25) is 5.91 Å². The summed E-state index contributed by atoms with van der Waals surface area (Å²) in [5.41, 5.74) is 0.692. The summed E-state index contributed by atoms with van der Waals surface area (Å²) < 4.78 is 5.24. The van der Waals surface area contributed by atoms with E-state index in [1.54, 1.807) is 24.3 Å². The molecule has 1 aromatic rings. The number of hydrogen-bond acceptors (Lipinski definition) is 3. The molecule has 0 aromatic heterocycles. The van der Waals surface area contributed by atoms with Crippen LogP contribution >= 0.6 is 0 Å². The van der Waals surface area contributed by atoms with Gasteiger partial charge in [-0.15, -0.1) is 6.42 Å². The van der Waals surface area contributed by atoms with E-state index in [0.29, 0.717) is 17.9 Å². The predicted octanol–water partition coefficient (Wildman–Crippen LogP) is 1.80. The molecule has 1 amide bonds. The van der Waals surface area contributed by atoms with Gasteiger partial charge in [0, 0.05) is 5.69 Å². The quantitative estimate of drug-likeness (QED) is 0.811. The van der Waals surface area contributed by atoms with E-state index < -0.39 is 6.10 Å². The second kappa shape index (κ2) is 6.26. The summed E-state index contributed by atoms with van der Waals surface area (Å²) >= 11 is 0. The van der Waals surface area contributed by atoms with Crippen LogP contribution in [0.5, 0.6) is 5.75 Å². The topological polar surface area (TPSA) is 58.6 Å². The molecule has 0 aliphatic heterocycles. The first kappa shape index (κ1) is 13.4. The molecule has 1 fully saturated rings. The third-order valence-electron chi connectivity index (χ3n) is 3.26. The molecule has 0 saturated heterocycles. The predicted molar refractivity (Wildman–Crippen MR) is 72.7 cm³/mol.